The minimum absolute atomic E-state index is 0. The molecule has 0 radical (unpaired) electrons. The maximum atomic E-state index is 11.5. The van der Waals surface area contributed by atoms with Gasteiger partial charge in [0.1, 0.15) is 0 Å². The van der Waals surface area contributed by atoms with Crippen LogP contribution in [0.25, 0.3) is 0 Å². The number of carbonyl (C=O) groups is 1. The van der Waals surface area contributed by atoms with Crippen LogP contribution in [0.4, 0.5) is 0 Å². The summed E-state index contributed by atoms with van der Waals surface area (Å²) in [7, 11) is 1.87. The zero-order chi connectivity index (χ0) is 10.4. The number of halogens is 1. The van der Waals surface area contributed by atoms with Crippen LogP contribution in [-0.2, 0) is 4.79 Å². The van der Waals surface area contributed by atoms with Crippen molar-refractivity contribution >= 4 is 30.1 Å². The molecule has 2 N–H and O–H groups in total. The molecule has 1 aliphatic rings. The molecule has 1 fully saturated rings. The van der Waals surface area contributed by atoms with Crippen LogP contribution in [0.15, 0.2) is 0 Å². The molecule has 1 heterocycles. The van der Waals surface area contributed by atoms with Gasteiger partial charge in [0, 0.05) is 24.3 Å². The van der Waals surface area contributed by atoms with E-state index in [1.165, 1.54) is 18.6 Å². The third kappa shape index (κ3) is 5.64. The second-order valence-corrected chi connectivity index (χ2v) is 5.25. The van der Waals surface area contributed by atoms with Gasteiger partial charge in [0.25, 0.3) is 0 Å². The Labute approximate surface area is 103 Å². The Morgan fingerprint density at radius 2 is 2.33 bits per heavy atom. The van der Waals surface area contributed by atoms with Crippen molar-refractivity contribution in [1.29, 1.82) is 0 Å². The summed E-state index contributed by atoms with van der Waals surface area (Å²) in [5.41, 5.74) is 0. The Balaban J connectivity index is 0.00000196. The molecule has 1 rings (SSSR count). The fourth-order valence-electron chi connectivity index (χ4n) is 1.59. The summed E-state index contributed by atoms with van der Waals surface area (Å²) in [5.74, 6) is 1.50. The van der Waals surface area contributed by atoms with Crippen LogP contribution in [0.1, 0.15) is 19.8 Å². The molecule has 0 spiro atoms. The summed E-state index contributed by atoms with van der Waals surface area (Å²) >= 11 is 1.98. The summed E-state index contributed by atoms with van der Waals surface area (Å²) in [6.07, 6.45) is 2.56. The van der Waals surface area contributed by atoms with Crippen molar-refractivity contribution < 1.29 is 4.79 Å². The first kappa shape index (κ1) is 15.1. The van der Waals surface area contributed by atoms with E-state index in [0.29, 0.717) is 5.25 Å². The largest absolute Gasteiger partial charge is 0.355 e. The van der Waals surface area contributed by atoms with Gasteiger partial charge in [-0.25, -0.2) is 0 Å². The quantitative estimate of drug-likeness (QED) is 0.775. The standard InChI is InChI=1S/C10H20N2OS.ClH/c1-8(6-11-2)10(13)12-7-9-4-3-5-14-9;/h8-9,11H,3-7H2,1-2H3,(H,12,13);1H. The average molecular weight is 253 g/mol. The highest BCUT2D eigenvalue weighted by Gasteiger charge is 2.17. The summed E-state index contributed by atoms with van der Waals surface area (Å²) in [6, 6.07) is 0. The van der Waals surface area contributed by atoms with Crippen molar-refractivity contribution in [3.05, 3.63) is 0 Å². The first-order chi connectivity index (χ1) is 6.74. The minimum Gasteiger partial charge on any atom is -0.355 e. The first-order valence-electron chi connectivity index (χ1n) is 5.28. The van der Waals surface area contributed by atoms with Crippen molar-refractivity contribution in [2.75, 3.05) is 25.9 Å². The fraction of sp³-hybridized carbons (Fsp3) is 0.900. The van der Waals surface area contributed by atoms with Gasteiger partial charge >= 0.3 is 0 Å². The molecule has 2 unspecified atom stereocenters. The van der Waals surface area contributed by atoms with Crippen LogP contribution in [0.5, 0.6) is 0 Å². The number of hydrogen-bond donors (Lipinski definition) is 2. The van der Waals surface area contributed by atoms with Crippen LogP contribution >= 0.6 is 24.2 Å². The van der Waals surface area contributed by atoms with Gasteiger partial charge in [0.05, 0.1) is 0 Å². The van der Waals surface area contributed by atoms with Gasteiger partial charge in [-0.15, -0.1) is 12.4 Å². The Bertz CT molecular complexity index is 186. The monoisotopic (exact) mass is 252 g/mol. The van der Waals surface area contributed by atoms with Crippen LogP contribution < -0.4 is 10.6 Å². The molecule has 0 aliphatic carbocycles. The van der Waals surface area contributed by atoms with Gasteiger partial charge < -0.3 is 10.6 Å². The van der Waals surface area contributed by atoms with E-state index < -0.39 is 0 Å². The van der Waals surface area contributed by atoms with Crippen LogP contribution in [0, 0.1) is 5.92 Å². The Morgan fingerprint density at radius 1 is 1.60 bits per heavy atom. The Morgan fingerprint density at radius 3 is 2.87 bits per heavy atom. The predicted octanol–water partition coefficient (Wildman–Crippen LogP) is 1.28. The average Bonchev–Trinajstić information content (AvgIpc) is 2.67. The van der Waals surface area contributed by atoms with Crippen molar-refractivity contribution in [3.8, 4) is 0 Å². The zero-order valence-electron chi connectivity index (χ0n) is 9.41. The number of thioether (sulfide) groups is 1. The predicted molar refractivity (Wildman–Crippen MR) is 68.8 cm³/mol. The van der Waals surface area contributed by atoms with Gasteiger partial charge in [0.15, 0.2) is 0 Å². The molecule has 0 bridgehead atoms. The van der Waals surface area contributed by atoms with E-state index in [0.717, 1.165) is 13.1 Å². The lowest BCUT2D eigenvalue weighted by atomic mass is 10.1. The smallest absolute Gasteiger partial charge is 0.224 e. The first-order valence-corrected chi connectivity index (χ1v) is 6.33. The van der Waals surface area contributed by atoms with Crippen LogP contribution in [0.3, 0.4) is 0 Å². The Hall–Kier alpha value is 0.0700. The minimum atomic E-state index is 0. The summed E-state index contributed by atoms with van der Waals surface area (Å²) < 4.78 is 0. The molecule has 90 valence electrons. The topological polar surface area (TPSA) is 41.1 Å². The number of carbonyl (C=O) groups excluding carboxylic acids is 1. The van der Waals surface area contributed by atoms with E-state index in [1.807, 2.05) is 25.7 Å². The van der Waals surface area contributed by atoms with E-state index in [-0.39, 0.29) is 24.2 Å². The second-order valence-electron chi connectivity index (χ2n) is 3.84. The molecule has 3 nitrogen and oxygen atoms in total. The molecule has 0 aromatic heterocycles. The van der Waals surface area contributed by atoms with Crippen LogP contribution in [-0.4, -0.2) is 37.0 Å². The van der Waals surface area contributed by atoms with Crippen molar-refractivity contribution in [3.63, 3.8) is 0 Å². The molecule has 15 heavy (non-hydrogen) atoms. The van der Waals surface area contributed by atoms with Gasteiger partial charge in [-0.1, -0.05) is 6.92 Å². The molecule has 5 heteroatoms. The molecule has 1 saturated heterocycles. The molecule has 1 amide bonds. The molecular formula is C10H21ClN2OS. The lowest BCUT2D eigenvalue weighted by molar-refractivity contribution is -0.124. The number of rotatable bonds is 5. The van der Waals surface area contributed by atoms with E-state index in [9.17, 15) is 4.79 Å². The van der Waals surface area contributed by atoms with E-state index in [2.05, 4.69) is 10.6 Å². The second kappa shape index (κ2) is 8.25. The van der Waals surface area contributed by atoms with Gasteiger partial charge in [0.2, 0.25) is 5.91 Å². The molecule has 0 saturated carbocycles. The third-order valence-corrected chi connectivity index (χ3v) is 3.88. The normalized spacial score (nSPS) is 21.9. The van der Waals surface area contributed by atoms with Gasteiger partial charge in [-0.05, 0) is 25.6 Å². The summed E-state index contributed by atoms with van der Waals surface area (Å²) in [4.78, 5) is 11.5. The highest BCUT2D eigenvalue weighted by atomic mass is 35.5. The fourth-order valence-corrected chi connectivity index (χ4v) is 2.79. The number of nitrogens with one attached hydrogen (secondary N) is 2. The summed E-state index contributed by atoms with van der Waals surface area (Å²) in [5, 5.41) is 6.67. The van der Waals surface area contributed by atoms with E-state index >= 15 is 0 Å². The van der Waals surface area contributed by atoms with E-state index in [1.54, 1.807) is 0 Å². The van der Waals surface area contributed by atoms with Crippen molar-refractivity contribution in [2.24, 2.45) is 5.92 Å². The Kier molecular flexibility index (Phi) is 8.29. The van der Waals surface area contributed by atoms with Gasteiger partial charge in [-0.2, -0.15) is 11.8 Å². The summed E-state index contributed by atoms with van der Waals surface area (Å²) in [6.45, 7) is 3.55. The maximum absolute atomic E-state index is 11.5. The SMILES string of the molecule is CNCC(C)C(=O)NCC1CCCS1.Cl. The lowest BCUT2D eigenvalue weighted by Gasteiger charge is -2.14. The van der Waals surface area contributed by atoms with Gasteiger partial charge in [-0.3, -0.25) is 4.79 Å². The van der Waals surface area contributed by atoms with Crippen molar-refractivity contribution in [1.82, 2.24) is 10.6 Å². The third-order valence-electron chi connectivity index (χ3n) is 2.49. The molecule has 2 atom stereocenters. The molecule has 1 aliphatic heterocycles. The zero-order valence-corrected chi connectivity index (χ0v) is 11.0. The highest BCUT2D eigenvalue weighted by molar-refractivity contribution is 8.00. The molecule has 0 aromatic rings. The highest BCUT2D eigenvalue weighted by Crippen LogP contribution is 2.25. The van der Waals surface area contributed by atoms with Crippen LogP contribution in [0.2, 0.25) is 0 Å². The molecule has 0 aromatic carbocycles. The maximum Gasteiger partial charge on any atom is 0.224 e. The van der Waals surface area contributed by atoms with E-state index in [4.69, 9.17) is 0 Å². The molecular weight excluding hydrogens is 232 g/mol. The number of amides is 1. The lowest BCUT2D eigenvalue weighted by Crippen LogP contribution is -2.37. The van der Waals surface area contributed by atoms with Crippen molar-refractivity contribution in [2.45, 2.75) is 25.0 Å². The number of hydrogen-bond acceptors (Lipinski definition) is 3.